The number of carbonyl (C=O) groups is 1. The monoisotopic (exact) mass is 460 g/mol. The summed E-state index contributed by atoms with van der Waals surface area (Å²) < 4.78 is 12.7. The number of hydrogen-bond acceptors (Lipinski definition) is 6. The van der Waals surface area contributed by atoms with Gasteiger partial charge in [-0.2, -0.15) is 0 Å². The Labute approximate surface area is 195 Å². The summed E-state index contributed by atoms with van der Waals surface area (Å²) in [7, 11) is 1.33. The zero-order chi connectivity index (χ0) is 23.4. The lowest BCUT2D eigenvalue weighted by Gasteiger charge is -2.24. The number of fused-ring (bicyclic) bond motifs is 1. The highest BCUT2D eigenvalue weighted by molar-refractivity contribution is 7.07. The maximum absolute atomic E-state index is 13.4. The first kappa shape index (κ1) is 22.5. The number of methoxy groups -OCH3 is 1. The van der Waals surface area contributed by atoms with Crippen LogP contribution in [-0.4, -0.2) is 24.3 Å². The molecule has 0 saturated heterocycles. The van der Waals surface area contributed by atoms with Crippen molar-refractivity contribution in [2.45, 2.75) is 19.9 Å². The van der Waals surface area contributed by atoms with E-state index in [9.17, 15) is 9.59 Å². The number of ether oxygens (including phenoxy) is 2. The van der Waals surface area contributed by atoms with E-state index in [1.165, 1.54) is 18.4 Å². The number of nitrogens with zero attached hydrogens (tertiary/aromatic N) is 2. The number of rotatable bonds is 6. The van der Waals surface area contributed by atoms with E-state index in [-0.39, 0.29) is 5.56 Å². The molecule has 0 bridgehead atoms. The van der Waals surface area contributed by atoms with Gasteiger partial charge in [-0.05, 0) is 43.2 Å². The van der Waals surface area contributed by atoms with Gasteiger partial charge < -0.3 is 9.47 Å². The summed E-state index contributed by atoms with van der Waals surface area (Å²) in [6.45, 7) is 4.23. The Bertz CT molecular complexity index is 1400. The van der Waals surface area contributed by atoms with Crippen LogP contribution in [0.2, 0.25) is 0 Å². The number of benzene rings is 2. The number of thiazole rings is 1. The van der Waals surface area contributed by atoms with Gasteiger partial charge in [-0.3, -0.25) is 9.36 Å². The second-order valence-corrected chi connectivity index (χ2v) is 8.38. The van der Waals surface area contributed by atoms with Gasteiger partial charge in [0.15, 0.2) is 4.80 Å². The molecule has 4 rings (SSSR count). The number of carbonyl (C=O) groups excluding carboxylic acids is 1. The van der Waals surface area contributed by atoms with Crippen molar-refractivity contribution in [2.75, 3.05) is 13.7 Å². The van der Waals surface area contributed by atoms with Gasteiger partial charge >= 0.3 is 5.97 Å². The van der Waals surface area contributed by atoms with E-state index in [1.807, 2.05) is 73.7 Å². The summed E-state index contributed by atoms with van der Waals surface area (Å²) in [6.07, 6.45) is 5.57. The normalized spacial score (nSPS) is 16.0. The van der Waals surface area contributed by atoms with Gasteiger partial charge in [0.25, 0.3) is 5.56 Å². The van der Waals surface area contributed by atoms with Crippen LogP contribution in [0.15, 0.2) is 81.7 Å². The third-order valence-electron chi connectivity index (χ3n) is 5.27. The molecule has 0 spiro atoms. The van der Waals surface area contributed by atoms with Crippen LogP contribution in [-0.2, 0) is 9.53 Å². The van der Waals surface area contributed by atoms with Crippen LogP contribution in [0.25, 0.3) is 12.2 Å². The van der Waals surface area contributed by atoms with Crippen molar-refractivity contribution in [1.29, 1.82) is 0 Å². The molecule has 0 saturated carbocycles. The van der Waals surface area contributed by atoms with E-state index in [0.29, 0.717) is 27.2 Å². The van der Waals surface area contributed by atoms with Crippen molar-refractivity contribution in [2.24, 2.45) is 4.99 Å². The molecule has 1 atom stereocenters. The predicted molar refractivity (Wildman–Crippen MR) is 130 cm³/mol. The van der Waals surface area contributed by atoms with Crippen molar-refractivity contribution >= 4 is 29.5 Å². The van der Waals surface area contributed by atoms with Crippen LogP contribution in [0.4, 0.5) is 0 Å². The third-order valence-corrected chi connectivity index (χ3v) is 6.27. The van der Waals surface area contributed by atoms with Crippen LogP contribution >= 0.6 is 11.3 Å². The maximum Gasteiger partial charge on any atom is 0.338 e. The summed E-state index contributed by atoms with van der Waals surface area (Å²) >= 11 is 1.30. The zero-order valence-electron chi connectivity index (χ0n) is 18.6. The topological polar surface area (TPSA) is 69.9 Å². The first-order chi connectivity index (χ1) is 16.0. The molecule has 33 heavy (non-hydrogen) atoms. The average Bonchev–Trinajstić information content (AvgIpc) is 3.14. The minimum atomic E-state index is -0.635. The Hall–Kier alpha value is -3.71. The molecule has 0 unspecified atom stereocenters. The fraction of sp³-hybridized carbons (Fsp3) is 0.192. The molecule has 1 aliphatic rings. The molecule has 3 aromatic rings. The minimum Gasteiger partial charge on any atom is -0.494 e. The largest absolute Gasteiger partial charge is 0.494 e. The van der Waals surface area contributed by atoms with E-state index in [1.54, 1.807) is 17.6 Å². The van der Waals surface area contributed by atoms with Crippen LogP contribution in [0.3, 0.4) is 0 Å². The lowest BCUT2D eigenvalue weighted by Crippen LogP contribution is -2.39. The minimum absolute atomic E-state index is 0.204. The number of allylic oxidation sites excluding steroid dienone is 2. The summed E-state index contributed by atoms with van der Waals surface area (Å²) in [5, 5.41) is 0. The molecule has 0 fully saturated rings. The van der Waals surface area contributed by atoms with E-state index in [4.69, 9.17) is 9.47 Å². The molecule has 1 aromatic heterocycles. The highest BCUT2D eigenvalue weighted by Gasteiger charge is 2.33. The van der Waals surface area contributed by atoms with Gasteiger partial charge in [-0.1, -0.05) is 66.0 Å². The Morgan fingerprint density at radius 2 is 1.88 bits per heavy atom. The molecule has 2 aromatic carbocycles. The molecule has 0 aliphatic carbocycles. The molecule has 0 N–H and O–H groups in total. The lowest BCUT2D eigenvalue weighted by atomic mass is 9.96. The van der Waals surface area contributed by atoms with E-state index < -0.39 is 12.0 Å². The Morgan fingerprint density at radius 1 is 1.15 bits per heavy atom. The van der Waals surface area contributed by atoms with Crippen molar-refractivity contribution < 1.29 is 14.3 Å². The number of esters is 1. The summed E-state index contributed by atoms with van der Waals surface area (Å²) in [6, 6.07) is 16.6. The quantitative estimate of drug-likeness (QED) is 0.528. The van der Waals surface area contributed by atoms with E-state index in [2.05, 4.69) is 4.99 Å². The van der Waals surface area contributed by atoms with Crippen LogP contribution < -0.4 is 19.6 Å². The van der Waals surface area contributed by atoms with Crippen molar-refractivity contribution in [3.63, 3.8) is 0 Å². The van der Waals surface area contributed by atoms with Gasteiger partial charge in [0.2, 0.25) is 0 Å². The first-order valence-electron chi connectivity index (χ1n) is 10.6. The van der Waals surface area contributed by atoms with Gasteiger partial charge in [0, 0.05) is 0 Å². The smallest absolute Gasteiger partial charge is 0.338 e. The highest BCUT2D eigenvalue weighted by atomic mass is 32.1. The van der Waals surface area contributed by atoms with E-state index >= 15 is 0 Å². The third kappa shape index (κ3) is 4.59. The van der Waals surface area contributed by atoms with Crippen molar-refractivity contribution in [3.05, 3.63) is 103 Å². The fourth-order valence-corrected chi connectivity index (χ4v) is 4.74. The molecule has 7 heteroatoms. The molecule has 0 radical (unpaired) electrons. The SMILES string of the molecule is CCOc1ccc([C@H]2C(C(=O)OC)=C(C)N=c3s/c(=C\C=C\c4ccccc4)c(=O)n32)cc1. The number of hydrogen-bond donors (Lipinski definition) is 0. The lowest BCUT2D eigenvalue weighted by molar-refractivity contribution is -0.136. The summed E-state index contributed by atoms with van der Waals surface area (Å²) in [4.78, 5) is 31.2. The molecular weight excluding hydrogens is 436 g/mol. The number of aromatic nitrogens is 1. The molecule has 2 heterocycles. The van der Waals surface area contributed by atoms with Gasteiger partial charge in [0.1, 0.15) is 5.75 Å². The Morgan fingerprint density at radius 3 is 2.55 bits per heavy atom. The van der Waals surface area contributed by atoms with Gasteiger partial charge in [0.05, 0.1) is 35.6 Å². The summed E-state index contributed by atoms with van der Waals surface area (Å²) in [5.41, 5.74) is 2.50. The van der Waals surface area contributed by atoms with Crippen molar-refractivity contribution in [3.8, 4) is 5.75 Å². The van der Waals surface area contributed by atoms with Crippen LogP contribution in [0.5, 0.6) is 5.75 Å². The average molecular weight is 461 g/mol. The van der Waals surface area contributed by atoms with Gasteiger partial charge in [-0.15, -0.1) is 0 Å². The second-order valence-electron chi connectivity index (χ2n) is 7.37. The van der Waals surface area contributed by atoms with E-state index in [0.717, 1.165) is 16.9 Å². The maximum atomic E-state index is 13.4. The first-order valence-corrected chi connectivity index (χ1v) is 11.4. The molecule has 0 amide bonds. The Balaban J connectivity index is 1.83. The predicted octanol–water partition coefficient (Wildman–Crippen LogP) is 3.47. The van der Waals surface area contributed by atoms with Crippen LogP contribution in [0, 0.1) is 0 Å². The second kappa shape index (κ2) is 9.83. The molecular formula is C26H24N2O4S. The standard InChI is InChI=1S/C26H24N2O4S/c1-4-32-20-15-13-19(14-16-20)23-22(25(30)31-3)17(2)27-26-28(23)24(29)21(33-26)12-8-11-18-9-6-5-7-10-18/h5-16,23H,4H2,1-3H3/b11-8+,21-12-/t23-/m0/s1. The Kier molecular flexibility index (Phi) is 6.70. The fourth-order valence-electron chi connectivity index (χ4n) is 3.75. The van der Waals surface area contributed by atoms with Gasteiger partial charge in [-0.25, -0.2) is 9.79 Å². The zero-order valence-corrected chi connectivity index (χ0v) is 19.5. The van der Waals surface area contributed by atoms with Crippen LogP contribution in [0.1, 0.15) is 31.0 Å². The van der Waals surface area contributed by atoms with Crippen molar-refractivity contribution in [1.82, 2.24) is 4.57 Å². The molecule has 1 aliphatic heterocycles. The summed E-state index contributed by atoms with van der Waals surface area (Å²) in [5.74, 6) is 0.216. The highest BCUT2D eigenvalue weighted by Crippen LogP contribution is 2.31. The molecule has 6 nitrogen and oxygen atoms in total. The molecule has 168 valence electrons.